The van der Waals surface area contributed by atoms with E-state index in [9.17, 15) is 9.90 Å². The first-order valence-corrected chi connectivity index (χ1v) is 9.31. The summed E-state index contributed by atoms with van der Waals surface area (Å²) >= 11 is 0. The minimum atomic E-state index is -0.203. The highest BCUT2D eigenvalue weighted by molar-refractivity contribution is 6.27. The molecule has 0 radical (unpaired) electrons. The lowest BCUT2D eigenvalue weighted by Gasteiger charge is -2.19. The highest BCUT2D eigenvalue weighted by Crippen LogP contribution is 2.35. The standard InChI is InChI=1S/C24H20N2O4/c1-29-17-7-3-15(4-8-17)25-19-11-13-22(28)24-20(12-14-21(27)23(19)24)26-16-5-9-18(30-2)10-6-16/h3-14,25,28H,1-2H3. The largest absolute Gasteiger partial charge is 0.507 e. The van der Waals surface area contributed by atoms with Gasteiger partial charge in [0.05, 0.1) is 42.4 Å². The van der Waals surface area contributed by atoms with Gasteiger partial charge in [0.2, 0.25) is 0 Å². The van der Waals surface area contributed by atoms with Crippen molar-refractivity contribution in [3.05, 3.63) is 83.9 Å². The SMILES string of the molecule is COc1ccc(N=C2C=CC(=O)c3c(Nc4ccc(OC)cc4)ccc(O)c32)cc1. The molecule has 1 aliphatic rings. The number of phenols is 1. The number of carbonyl (C=O) groups is 1. The molecule has 0 aromatic heterocycles. The Morgan fingerprint density at radius 1 is 0.800 bits per heavy atom. The number of rotatable bonds is 5. The van der Waals surface area contributed by atoms with Gasteiger partial charge in [0, 0.05) is 5.69 Å². The van der Waals surface area contributed by atoms with Crippen molar-refractivity contribution in [3.8, 4) is 17.2 Å². The molecule has 0 unspecified atom stereocenters. The fourth-order valence-corrected chi connectivity index (χ4v) is 3.25. The highest BCUT2D eigenvalue weighted by Gasteiger charge is 2.25. The van der Waals surface area contributed by atoms with Crippen LogP contribution in [-0.2, 0) is 0 Å². The van der Waals surface area contributed by atoms with Crippen molar-refractivity contribution in [2.75, 3.05) is 19.5 Å². The van der Waals surface area contributed by atoms with E-state index in [1.807, 2.05) is 36.4 Å². The van der Waals surface area contributed by atoms with Crippen LogP contribution >= 0.6 is 0 Å². The number of nitrogens with one attached hydrogen (secondary N) is 1. The monoisotopic (exact) mass is 400 g/mol. The van der Waals surface area contributed by atoms with Crippen molar-refractivity contribution in [2.45, 2.75) is 0 Å². The molecule has 0 saturated heterocycles. The first-order chi connectivity index (χ1) is 14.6. The van der Waals surface area contributed by atoms with Crippen LogP contribution in [0.1, 0.15) is 15.9 Å². The summed E-state index contributed by atoms with van der Waals surface area (Å²) in [5, 5.41) is 13.8. The predicted octanol–water partition coefficient (Wildman–Crippen LogP) is 5.03. The topological polar surface area (TPSA) is 80.2 Å². The number of hydrogen-bond acceptors (Lipinski definition) is 6. The van der Waals surface area contributed by atoms with Gasteiger partial charge in [-0.2, -0.15) is 0 Å². The Morgan fingerprint density at radius 2 is 1.43 bits per heavy atom. The number of allylic oxidation sites excluding steroid dienone is 2. The number of benzene rings is 3. The summed E-state index contributed by atoms with van der Waals surface area (Å²) in [7, 11) is 3.20. The number of ether oxygens (including phenoxy) is 2. The lowest BCUT2D eigenvalue weighted by molar-refractivity contribution is 0.104. The Labute approximate surface area is 174 Å². The second-order valence-electron chi connectivity index (χ2n) is 6.63. The maximum Gasteiger partial charge on any atom is 0.188 e. The molecule has 2 N–H and O–H groups in total. The van der Waals surface area contributed by atoms with Gasteiger partial charge in [-0.3, -0.25) is 4.79 Å². The van der Waals surface area contributed by atoms with Crippen molar-refractivity contribution < 1.29 is 19.4 Å². The molecule has 0 fully saturated rings. The number of aromatic hydroxyl groups is 1. The number of carbonyl (C=O) groups excluding carboxylic acids is 1. The van der Waals surface area contributed by atoms with Crippen LogP contribution in [0.2, 0.25) is 0 Å². The van der Waals surface area contributed by atoms with Gasteiger partial charge in [-0.1, -0.05) is 0 Å². The number of phenolic OH excluding ortho intramolecular Hbond substituents is 1. The average Bonchev–Trinajstić information content (AvgIpc) is 2.78. The Bertz CT molecular complexity index is 1150. The molecule has 4 rings (SSSR count). The fraction of sp³-hybridized carbons (Fsp3) is 0.0833. The number of nitrogens with zero attached hydrogens (tertiary/aromatic N) is 1. The summed E-state index contributed by atoms with van der Waals surface area (Å²) in [5.41, 5.74) is 3.34. The van der Waals surface area contributed by atoms with Crippen LogP contribution in [0.3, 0.4) is 0 Å². The zero-order chi connectivity index (χ0) is 21.1. The number of anilines is 2. The molecular formula is C24H20N2O4. The lowest BCUT2D eigenvalue weighted by Crippen LogP contribution is -2.15. The van der Waals surface area contributed by atoms with Crippen LogP contribution < -0.4 is 14.8 Å². The minimum Gasteiger partial charge on any atom is -0.507 e. The van der Waals surface area contributed by atoms with E-state index in [1.54, 1.807) is 44.6 Å². The summed E-state index contributed by atoms with van der Waals surface area (Å²) in [6.45, 7) is 0. The van der Waals surface area contributed by atoms with E-state index < -0.39 is 0 Å². The second-order valence-corrected chi connectivity index (χ2v) is 6.63. The molecule has 0 amide bonds. The number of hydrogen-bond donors (Lipinski definition) is 2. The second kappa shape index (κ2) is 8.13. The van der Waals surface area contributed by atoms with Crippen LogP contribution in [0, 0.1) is 0 Å². The molecule has 0 spiro atoms. The van der Waals surface area contributed by atoms with Gasteiger partial charge in [0.1, 0.15) is 17.2 Å². The number of methoxy groups -OCH3 is 2. The van der Waals surface area contributed by atoms with Gasteiger partial charge in [0.15, 0.2) is 5.78 Å². The van der Waals surface area contributed by atoms with Gasteiger partial charge < -0.3 is 19.9 Å². The molecule has 0 saturated carbocycles. The van der Waals surface area contributed by atoms with Crippen LogP contribution in [0.15, 0.2) is 77.8 Å². The Kier molecular flexibility index (Phi) is 5.22. The summed E-state index contributed by atoms with van der Waals surface area (Å²) in [6.07, 6.45) is 3.08. The molecule has 0 atom stereocenters. The Hall–Kier alpha value is -4.06. The van der Waals surface area contributed by atoms with E-state index >= 15 is 0 Å². The predicted molar refractivity (Wildman–Crippen MR) is 117 cm³/mol. The molecule has 0 aliphatic heterocycles. The van der Waals surface area contributed by atoms with Crippen LogP contribution in [-0.4, -0.2) is 30.8 Å². The third-order valence-electron chi connectivity index (χ3n) is 4.77. The van der Waals surface area contributed by atoms with Crippen molar-refractivity contribution in [1.82, 2.24) is 0 Å². The third kappa shape index (κ3) is 3.75. The van der Waals surface area contributed by atoms with Crippen LogP contribution in [0.4, 0.5) is 17.1 Å². The average molecular weight is 400 g/mol. The third-order valence-corrected chi connectivity index (χ3v) is 4.77. The van der Waals surface area contributed by atoms with Crippen LogP contribution in [0.25, 0.3) is 0 Å². The van der Waals surface area contributed by atoms with Gasteiger partial charge in [-0.05, 0) is 72.8 Å². The summed E-state index contributed by atoms with van der Waals surface area (Å²) in [6, 6.07) is 17.8. The first kappa shape index (κ1) is 19.3. The minimum absolute atomic E-state index is 0.00441. The van der Waals surface area contributed by atoms with E-state index in [-0.39, 0.29) is 11.5 Å². The quantitative estimate of drug-likeness (QED) is 0.588. The smallest absolute Gasteiger partial charge is 0.188 e. The number of aliphatic imine (C=N–C) groups is 1. The van der Waals surface area contributed by atoms with Crippen molar-refractivity contribution in [3.63, 3.8) is 0 Å². The van der Waals surface area contributed by atoms with Gasteiger partial charge in [0.25, 0.3) is 0 Å². The van der Waals surface area contributed by atoms with Crippen LogP contribution in [0.5, 0.6) is 17.2 Å². The van der Waals surface area contributed by atoms with Crippen molar-refractivity contribution in [2.24, 2.45) is 4.99 Å². The van der Waals surface area contributed by atoms with E-state index in [4.69, 9.17) is 9.47 Å². The lowest BCUT2D eigenvalue weighted by atomic mass is 9.91. The molecule has 6 nitrogen and oxygen atoms in total. The fourth-order valence-electron chi connectivity index (χ4n) is 3.25. The highest BCUT2D eigenvalue weighted by atomic mass is 16.5. The maximum absolute atomic E-state index is 12.7. The summed E-state index contributed by atoms with van der Waals surface area (Å²) in [4.78, 5) is 17.3. The number of ketones is 1. The van der Waals surface area contributed by atoms with Gasteiger partial charge in [-0.25, -0.2) is 4.99 Å². The molecular weight excluding hydrogens is 380 g/mol. The molecule has 150 valence electrons. The van der Waals surface area contributed by atoms with Gasteiger partial charge >= 0.3 is 0 Å². The molecule has 3 aromatic carbocycles. The van der Waals surface area contributed by atoms with Crippen molar-refractivity contribution in [1.29, 1.82) is 0 Å². The molecule has 1 aliphatic carbocycles. The molecule has 3 aromatic rings. The number of fused-ring (bicyclic) bond motifs is 1. The summed E-state index contributed by atoms with van der Waals surface area (Å²) < 4.78 is 10.4. The van der Waals surface area contributed by atoms with E-state index in [1.165, 1.54) is 6.08 Å². The normalized spacial score (nSPS) is 13.8. The zero-order valence-electron chi connectivity index (χ0n) is 16.5. The van der Waals surface area contributed by atoms with E-state index in [0.717, 1.165) is 17.2 Å². The van der Waals surface area contributed by atoms with Crippen molar-refractivity contribution >= 4 is 28.6 Å². The Morgan fingerprint density at radius 3 is 2.07 bits per heavy atom. The van der Waals surface area contributed by atoms with Gasteiger partial charge in [-0.15, -0.1) is 0 Å². The molecule has 6 heteroatoms. The Balaban J connectivity index is 1.75. The van der Waals surface area contributed by atoms with E-state index in [2.05, 4.69) is 10.3 Å². The molecule has 0 bridgehead atoms. The van der Waals surface area contributed by atoms with E-state index in [0.29, 0.717) is 28.2 Å². The zero-order valence-corrected chi connectivity index (χ0v) is 16.5. The molecule has 0 heterocycles. The molecule has 30 heavy (non-hydrogen) atoms. The maximum atomic E-state index is 12.7. The summed E-state index contributed by atoms with van der Waals surface area (Å²) in [5.74, 6) is 1.25. The first-order valence-electron chi connectivity index (χ1n) is 9.31.